The van der Waals surface area contributed by atoms with Gasteiger partial charge in [-0.05, 0) is 37.5 Å². The summed E-state index contributed by atoms with van der Waals surface area (Å²) in [6, 6.07) is 19.0. The van der Waals surface area contributed by atoms with Gasteiger partial charge in [-0.2, -0.15) is 0 Å². The largest absolute Gasteiger partial charge is 0.360 e. The maximum Gasteiger partial charge on any atom is 0.278 e. The summed E-state index contributed by atoms with van der Waals surface area (Å²) in [5.41, 5.74) is 3.84. The lowest BCUT2D eigenvalue weighted by Gasteiger charge is -2.37. The normalized spacial score (nSPS) is 17.2. The van der Waals surface area contributed by atoms with Crippen LogP contribution in [0.2, 0.25) is 0 Å². The molecule has 4 nitrogen and oxygen atoms in total. The van der Waals surface area contributed by atoms with Crippen molar-refractivity contribution in [3.05, 3.63) is 65.7 Å². The highest BCUT2D eigenvalue weighted by Crippen LogP contribution is 2.19. The number of para-hydroxylation sites is 1. The molecule has 0 spiro atoms. The number of anilines is 1. The van der Waals surface area contributed by atoms with Crippen molar-refractivity contribution in [2.24, 2.45) is 0 Å². The molecule has 2 atom stereocenters. The van der Waals surface area contributed by atoms with Crippen molar-refractivity contribution in [1.29, 1.82) is 0 Å². The molecule has 1 aliphatic rings. The summed E-state index contributed by atoms with van der Waals surface area (Å²) in [5, 5.41) is 3.31. The van der Waals surface area contributed by atoms with Crippen LogP contribution < -0.4 is 15.1 Å². The zero-order valence-corrected chi connectivity index (χ0v) is 17.4. The third-order valence-corrected chi connectivity index (χ3v) is 5.96. The van der Waals surface area contributed by atoms with Gasteiger partial charge < -0.3 is 15.1 Å². The third-order valence-electron chi connectivity index (χ3n) is 5.96. The van der Waals surface area contributed by atoms with Crippen LogP contribution in [-0.4, -0.2) is 38.1 Å². The van der Waals surface area contributed by atoms with Gasteiger partial charge in [0, 0.05) is 5.69 Å². The van der Waals surface area contributed by atoms with Gasteiger partial charge in [-0.1, -0.05) is 61.9 Å². The molecule has 0 bridgehead atoms. The first-order valence-electron chi connectivity index (χ1n) is 10.6. The van der Waals surface area contributed by atoms with Gasteiger partial charge in [0.2, 0.25) is 0 Å². The highest BCUT2D eigenvalue weighted by Gasteiger charge is 2.30. The van der Waals surface area contributed by atoms with Crippen LogP contribution in [0.1, 0.15) is 43.9 Å². The third kappa shape index (κ3) is 4.93. The lowest BCUT2D eigenvalue weighted by molar-refractivity contribution is -0.914. The molecule has 1 fully saturated rings. The Morgan fingerprint density at radius 1 is 1.07 bits per heavy atom. The molecule has 1 aliphatic heterocycles. The van der Waals surface area contributed by atoms with Gasteiger partial charge in [0.25, 0.3) is 5.91 Å². The topological polar surface area (TPSA) is 36.8 Å². The number of quaternary nitrogens is 1. The molecule has 2 N–H and O–H groups in total. The van der Waals surface area contributed by atoms with E-state index < -0.39 is 0 Å². The average Bonchev–Trinajstić information content (AvgIpc) is 2.74. The van der Waals surface area contributed by atoms with E-state index in [9.17, 15) is 4.79 Å². The van der Waals surface area contributed by atoms with E-state index in [2.05, 4.69) is 67.4 Å². The van der Waals surface area contributed by atoms with E-state index in [-0.39, 0.29) is 18.0 Å². The molecule has 1 heterocycles. The predicted molar refractivity (Wildman–Crippen MR) is 116 cm³/mol. The van der Waals surface area contributed by atoms with Crippen molar-refractivity contribution in [3.63, 3.8) is 0 Å². The highest BCUT2D eigenvalue weighted by atomic mass is 16.2. The van der Waals surface area contributed by atoms with Gasteiger partial charge in [-0.3, -0.25) is 4.79 Å². The van der Waals surface area contributed by atoms with Crippen LogP contribution in [0.15, 0.2) is 54.6 Å². The number of piperazine rings is 1. The maximum atomic E-state index is 13.0. The first kappa shape index (κ1) is 20.4. The Labute approximate surface area is 169 Å². The SMILES string of the molecule is CCC[C@@H](NC(=O)[C@@H](C)[NH+]1CCN(c2ccccc2C)CC1)c1ccccc1. The molecule has 0 radical (unpaired) electrons. The molecule has 1 saturated heterocycles. The Balaban J connectivity index is 1.57. The Bertz CT molecular complexity index is 753. The van der Waals surface area contributed by atoms with Crippen LogP contribution in [-0.2, 0) is 4.79 Å². The molecule has 0 aliphatic carbocycles. The fraction of sp³-hybridized carbons (Fsp3) is 0.458. The molecular weight excluding hydrogens is 346 g/mol. The number of hydrogen-bond acceptors (Lipinski definition) is 2. The standard InChI is InChI=1S/C24H33N3O/c1-4-10-22(21-12-6-5-7-13-21)25-24(28)20(3)26-15-17-27(18-16-26)23-14-9-8-11-19(23)2/h5-9,11-14,20,22H,4,10,15-18H2,1-3H3,(H,25,28)/p+1/t20-,22-/m1/s1. The molecule has 0 aromatic heterocycles. The van der Waals surface area contributed by atoms with Crippen LogP contribution in [0, 0.1) is 6.92 Å². The van der Waals surface area contributed by atoms with E-state index in [0.29, 0.717) is 0 Å². The summed E-state index contributed by atoms with van der Waals surface area (Å²) < 4.78 is 0. The maximum absolute atomic E-state index is 13.0. The first-order chi connectivity index (χ1) is 13.6. The Morgan fingerprint density at radius 2 is 1.71 bits per heavy atom. The number of nitrogens with one attached hydrogen (secondary N) is 2. The Kier molecular flexibility index (Phi) is 7.10. The number of amides is 1. The second-order valence-electron chi connectivity index (χ2n) is 7.91. The van der Waals surface area contributed by atoms with Gasteiger partial charge in [0.15, 0.2) is 6.04 Å². The van der Waals surface area contributed by atoms with Crippen LogP contribution in [0.3, 0.4) is 0 Å². The van der Waals surface area contributed by atoms with Crippen molar-refractivity contribution in [3.8, 4) is 0 Å². The smallest absolute Gasteiger partial charge is 0.278 e. The fourth-order valence-corrected chi connectivity index (χ4v) is 4.16. The van der Waals surface area contributed by atoms with Gasteiger partial charge >= 0.3 is 0 Å². The van der Waals surface area contributed by atoms with Crippen molar-refractivity contribution < 1.29 is 9.69 Å². The molecule has 150 valence electrons. The zero-order chi connectivity index (χ0) is 19.9. The van der Waals surface area contributed by atoms with E-state index >= 15 is 0 Å². The summed E-state index contributed by atoms with van der Waals surface area (Å²) in [6.45, 7) is 10.4. The molecular formula is C24H34N3O+. The second kappa shape index (κ2) is 9.74. The van der Waals surface area contributed by atoms with Crippen molar-refractivity contribution in [2.45, 2.75) is 45.7 Å². The number of carbonyl (C=O) groups excluding carboxylic acids is 1. The lowest BCUT2D eigenvalue weighted by atomic mass is 10.0. The number of rotatable bonds is 7. The minimum absolute atomic E-state index is 0.0258. The van der Waals surface area contributed by atoms with E-state index in [4.69, 9.17) is 0 Å². The number of aryl methyl sites for hydroxylation is 1. The predicted octanol–water partition coefficient (Wildman–Crippen LogP) is 2.75. The van der Waals surface area contributed by atoms with E-state index in [1.54, 1.807) is 0 Å². The summed E-state index contributed by atoms with van der Waals surface area (Å²) in [7, 11) is 0. The van der Waals surface area contributed by atoms with Gasteiger partial charge in [-0.15, -0.1) is 0 Å². The average molecular weight is 381 g/mol. The first-order valence-corrected chi connectivity index (χ1v) is 10.6. The summed E-state index contributed by atoms with van der Waals surface area (Å²) in [4.78, 5) is 16.8. The number of benzene rings is 2. The molecule has 4 heteroatoms. The van der Waals surface area contributed by atoms with Crippen LogP contribution in [0.4, 0.5) is 5.69 Å². The Morgan fingerprint density at radius 3 is 2.36 bits per heavy atom. The number of hydrogen-bond donors (Lipinski definition) is 2. The van der Waals surface area contributed by atoms with Crippen molar-refractivity contribution in [2.75, 3.05) is 31.1 Å². The van der Waals surface area contributed by atoms with Crippen molar-refractivity contribution in [1.82, 2.24) is 5.32 Å². The summed E-state index contributed by atoms with van der Waals surface area (Å²) in [5.74, 6) is 0.168. The quantitative estimate of drug-likeness (QED) is 0.775. The van der Waals surface area contributed by atoms with Gasteiger partial charge in [0.05, 0.1) is 32.2 Å². The molecule has 3 rings (SSSR count). The van der Waals surface area contributed by atoms with Crippen LogP contribution in [0.25, 0.3) is 0 Å². The number of carbonyl (C=O) groups is 1. The summed E-state index contributed by atoms with van der Waals surface area (Å²) in [6.07, 6.45) is 2.02. The van der Waals surface area contributed by atoms with Gasteiger partial charge in [0.1, 0.15) is 0 Å². The summed E-state index contributed by atoms with van der Waals surface area (Å²) >= 11 is 0. The van der Waals surface area contributed by atoms with E-state index in [0.717, 1.165) is 39.0 Å². The van der Waals surface area contributed by atoms with E-state index in [1.165, 1.54) is 21.7 Å². The number of nitrogens with zero attached hydrogens (tertiary/aromatic N) is 1. The molecule has 28 heavy (non-hydrogen) atoms. The van der Waals surface area contributed by atoms with E-state index in [1.807, 2.05) is 18.2 Å². The molecule has 2 aromatic carbocycles. The molecule has 0 unspecified atom stereocenters. The zero-order valence-electron chi connectivity index (χ0n) is 17.4. The highest BCUT2D eigenvalue weighted by molar-refractivity contribution is 5.80. The molecule has 2 aromatic rings. The van der Waals surface area contributed by atoms with Crippen molar-refractivity contribution >= 4 is 11.6 Å². The fourth-order valence-electron chi connectivity index (χ4n) is 4.16. The molecule has 0 saturated carbocycles. The van der Waals surface area contributed by atoms with Gasteiger partial charge in [-0.25, -0.2) is 0 Å². The minimum Gasteiger partial charge on any atom is -0.360 e. The minimum atomic E-state index is -0.0258. The second-order valence-corrected chi connectivity index (χ2v) is 7.91. The Hall–Kier alpha value is -2.33. The monoisotopic (exact) mass is 380 g/mol. The van der Waals surface area contributed by atoms with Crippen LogP contribution in [0.5, 0.6) is 0 Å². The van der Waals surface area contributed by atoms with Crippen LogP contribution >= 0.6 is 0 Å². The lowest BCUT2D eigenvalue weighted by Crippen LogP contribution is -3.19. The molecule has 1 amide bonds.